The molecule has 0 spiro atoms. The Balaban J connectivity index is 1.35. The second kappa shape index (κ2) is 6.49. The smallest absolute Gasteiger partial charge is 0.254 e. The molecule has 4 rings (SSSR count). The monoisotopic (exact) mass is 376 g/mol. The summed E-state index contributed by atoms with van der Waals surface area (Å²) in [5, 5.41) is 2.62. The van der Waals surface area contributed by atoms with Crippen LogP contribution in [0.25, 0.3) is 0 Å². The highest BCUT2D eigenvalue weighted by atomic mass is 35.5. The number of carbonyl (C=O) groups is 2. The van der Waals surface area contributed by atoms with Crippen molar-refractivity contribution in [2.24, 2.45) is 5.92 Å². The third-order valence-electron chi connectivity index (χ3n) is 4.35. The number of amides is 2. The van der Waals surface area contributed by atoms with Crippen molar-refractivity contribution in [3.8, 4) is 11.5 Å². The van der Waals surface area contributed by atoms with Crippen molar-refractivity contribution in [1.82, 2.24) is 4.90 Å². The first-order chi connectivity index (χ1) is 12.5. The topological polar surface area (TPSA) is 67.9 Å². The summed E-state index contributed by atoms with van der Waals surface area (Å²) in [6.45, 7) is 0.772. The van der Waals surface area contributed by atoms with Gasteiger partial charge in [0.2, 0.25) is 12.7 Å². The van der Waals surface area contributed by atoms with Crippen molar-refractivity contribution in [3.05, 3.63) is 52.8 Å². The zero-order valence-electron chi connectivity index (χ0n) is 13.5. The van der Waals surface area contributed by atoms with Crippen LogP contribution in [0.1, 0.15) is 10.4 Å². The molecule has 2 amide bonds. The Morgan fingerprint density at radius 2 is 1.88 bits per heavy atom. The molecule has 0 bridgehead atoms. The van der Waals surface area contributed by atoms with E-state index in [1.54, 1.807) is 23.1 Å². The molecule has 0 atom stereocenters. The van der Waals surface area contributed by atoms with Gasteiger partial charge in [0.25, 0.3) is 5.91 Å². The normalized spacial score (nSPS) is 15.5. The van der Waals surface area contributed by atoms with E-state index < -0.39 is 5.82 Å². The van der Waals surface area contributed by atoms with E-state index in [1.165, 1.54) is 18.2 Å². The van der Waals surface area contributed by atoms with Crippen LogP contribution in [0.4, 0.5) is 10.1 Å². The van der Waals surface area contributed by atoms with Crippen LogP contribution in [0.5, 0.6) is 11.5 Å². The fraction of sp³-hybridized carbons (Fsp3) is 0.222. The molecular formula is C18H14ClFN2O4. The number of hydrogen-bond donors (Lipinski definition) is 1. The first-order valence-corrected chi connectivity index (χ1v) is 8.34. The second-order valence-electron chi connectivity index (χ2n) is 6.09. The first kappa shape index (κ1) is 16.7. The van der Waals surface area contributed by atoms with Crippen LogP contribution in [0.3, 0.4) is 0 Å². The molecule has 1 fully saturated rings. The quantitative estimate of drug-likeness (QED) is 0.894. The number of anilines is 1. The average Bonchev–Trinajstić information content (AvgIpc) is 3.04. The molecule has 0 aromatic heterocycles. The number of fused-ring (bicyclic) bond motifs is 1. The van der Waals surface area contributed by atoms with Gasteiger partial charge in [0.05, 0.1) is 10.9 Å². The lowest BCUT2D eigenvalue weighted by atomic mass is 9.97. The molecule has 2 aliphatic rings. The van der Waals surface area contributed by atoms with E-state index in [2.05, 4.69) is 5.32 Å². The fourth-order valence-electron chi connectivity index (χ4n) is 2.84. The van der Waals surface area contributed by atoms with Crippen molar-refractivity contribution >= 4 is 29.1 Å². The van der Waals surface area contributed by atoms with Crippen molar-refractivity contribution < 1.29 is 23.5 Å². The molecule has 26 heavy (non-hydrogen) atoms. The van der Waals surface area contributed by atoms with Gasteiger partial charge in [-0.1, -0.05) is 11.6 Å². The lowest BCUT2D eigenvalue weighted by Gasteiger charge is -2.38. The maximum Gasteiger partial charge on any atom is 0.254 e. The van der Waals surface area contributed by atoms with E-state index in [4.69, 9.17) is 21.1 Å². The summed E-state index contributed by atoms with van der Waals surface area (Å²) in [4.78, 5) is 26.3. The Labute approximate surface area is 153 Å². The molecule has 2 aromatic rings. The van der Waals surface area contributed by atoms with Gasteiger partial charge in [-0.2, -0.15) is 0 Å². The van der Waals surface area contributed by atoms with Gasteiger partial charge >= 0.3 is 0 Å². The highest BCUT2D eigenvalue weighted by Crippen LogP contribution is 2.33. The summed E-state index contributed by atoms with van der Waals surface area (Å²) in [5.41, 5.74) is 0.903. The largest absolute Gasteiger partial charge is 0.454 e. The van der Waals surface area contributed by atoms with Crippen LogP contribution in [0.15, 0.2) is 36.4 Å². The number of hydrogen-bond acceptors (Lipinski definition) is 4. The van der Waals surface area contributed by atoms with E-state index >= 15 is 0 Å². The van der Waals surface area contributed by atoms with E-state index in [0.717, 1.165) is 0 Å². The molecule has 2 aromatic carbocycles. The van der Waals surface area contributed by atoms with Crippen molar-refractivity contribution in [3.63, 3.8) is 0 Å². The molecule has 2 aliphatic heterocycles. The number of halogens is 2. The van der Waals surface area contributed by atoms with Crippen LogP contribution < -0.4 is 14.8 Å². The molecule has 0 saturated carbocycles. The molecule has 0 unspecified atom stereocenters. The van der Waals surface area contributed by atoms with Crippen LogP contribution >= 0.6 is 11.6 Å². The molecular weight excluding hydrogens is 363 g/mol. The lowest BCUT2D eigenvalue weighted by molar-refractivity contribution is -0.123. The molecule has 0 aliphatic carbocycles. The summed E-state index contributed by atoms with van der Waals surface area (Å²) < 4.78 is 23.6. The lowest BCUT2D eigenvalue weighted by Crippen LogP contribution is -2.54. The van der Waals surface area contributed by atoms with Crippen LogP contribution in [-0.2, 0) is 4.79 Å². The van der Waals surface area contributed by atoms with E-state index in [-0.39, 0.29) is 29.5 Å². The van der Waals surface area contributed by atoms with Crippen molar-refractivity contribution in [2.45, 2.75) is 0 Å². The number of benzene rings is 2. The Morgan fingerprint density at radius 1 is 1.12 bits per heavy atom. The standard InChI is InChI=1S/C18H14ClFN2O4/c19-13-6-12(2-3-14(13)20)21-17(23)11-7-22(8-11)18(24)10-1-4-15-16(5-10)26-9-25-15/h1-6,11H,7-9H2,(H,21,23). The number of rotatable bonds is 3. The molecule has 6 nitrogen and oxygen atoms in total. The van der Waals surface area contributed by atoms with Gasteiger partial charge in [0.15, 0.2) is 11.5 Å². The summed E-state index contributed by atoms with van der Waals surface area (Å²) in [6.07, 6.45) is 0. The van der Waals surface area contributed by atoms with Gasteiger partial charge in [-0.25, -0.2) is 4.39 Å². The van der Waals surface area contributed by atoms with Crippen LogP contribution in [0.2, 0.25) is 5.02 Å². The predicted molar refractivity (Wildman–Crippen MR) is 92.0 cm³/mol. The number of likely N-dealkylation sites (tertiary alicyclic amines) is 1. The van der Waals surface area contributed by atoms with Crippen molar-refractivity contribution in [2.75, 3.05) is 25.2 Å². The maximum absolute atomic E-state index is 13.2. The van der Waals surface area contributed by atoms with Gasteiger partial charge in [-0.3, -0.25) is 9.59 Å². The molecule has 2 heterocycles. The van der Waals surface area contributed by atoms with Crippen LogP contribution in [-0.4, -0.2) is 36.6 Å². The summed E-state index contributed by atoms with van der Waals surface area (Å²) in [5.74, 6) is -0.121. The van der Waals surface area contributed by atoms with Gasteiger partial charge in [0.1, 0.15) is 5.82 Å². The number of carbonyl (C=O) groups excluding carboxylic acids is 2. The number of nitrogens with one attached hydrogen (secondary N) is 1. The van der Waals surface area contributed by atoms with Gasteiger partial charge in [0, 0.05) is 24.3 Å². The van der Waals surface area contributed by atoms with E-state index in [9.17, 15) is 14.0 Å². The molecule has 1 N–H and O–H groups in total. The van der Waals surface area contributed by atoms with Crippen molar-refractivity contribution in [1.29, 1.82) is 0 Å². The van der Waals surface area contributed by atoms with Gasteiger partial charge < -0.3 is 19.7 Å². The molecule has 0 radical (unpaired) electrons. The fourth-order valence-corrected chi connectivity index (χ4v) is 3.02. The van der Waals surface area contributed by atoms with E-state index in [0.29, 0.717) is 35.8 Å². The maximum atomic E-state index is 13.2. The minimum absolute atomic E-state index is 0.0592. The average molecular weight is 377 g/mol. The Hall–Kier alpha value is -2.80. The Kier molecular flexibility index (Phi) is 4.16. The summed E-state index contributed by atoms with van der Waals surface area (Å²) in [7, 11) is 0. The zero-order valence-corrected chi connectivity index (χ0v) is 14.3. The van der Waals surface area contributed by atoms with Gasteiger partial charge in [-0.05, 0) is 36.4 Å². The third-order valence-corrected chi connectivity index (χ3v) is 4.64. The SMILES string of the molecule is O=C(Nc1ccc(F)c(Cl)c1)C1CN(C(=O)c2ccc3c(c2)OCO3)C1. The summed E-state index contributed by atoms with van der Waals surface area (Å²) in [6, 6.07) is 8.98. The van der Waals surface area contributed by atoms with Gasteiger partial charge in [-0.15, -0.1) is 0 Å². The minimum atomic E-state index is -0.547. The minimum Gasteiger partial charge on any atom is -0.454 e. The first-order valence-electron chi connectivity index (χ1n) is 7.96. The predicted octanol–water partition coefficient (Wildman–Crippen LogP) is 2.92. The molecule has 8 heteroatoms. The second-order valence-corrected chi connectivity index (χ2v) is 6.50. The molecule has 1 saturated heterocycles. The summed E-state index contributed by atoms with van der Waals surface area (Å²) >= 11 is 5.70. The Bertz CT molecular complexity index is 899. The highest BCUT2D eigenvalue weighted by molar-refractivity contribution is 6.31. The highest BCUT2D eigenvalue weighted by Gasteiger charge is 2.36. The number of nitrogens with zero attached hydrogens (tertiary/aromatic N) is 1. The Morgan fingerprint density at radius 3 is 2.65 bits per heavy atom. The zero-order chi connectivity index (χ0) is 18.3. The molecule has 134 valence electrons. The number of ether oxygens (including phenoxy) is 2. The van der Waals surface area contributed by atoms with Crippen LogP contribution in [0, 0.1) is 11.7 Å². The van der Waals surface area contributed by atoms with E-state index in [1.807, 2.05) is 0 Å². The third kappa shape index (κ3) is 3.06.